The highest BCUT2D eigenvalue weighted by molar-refractivity contribution is 5.89. The number of nitrogens with zero attached hydrogens (tertiary/aromatic N) is 2. The first-order chi connectivity index (χ1) is 11.1. The van der Waals surface area contributed by atoms with Gasteiger partial charge in [-0.3, -0.25) is 9.48 Å². The normalized spacial score (nSPS) is 16.7. The number of rotatable bonds is 7. The number of amides is 3. The molecule has 0 spiro atoms. The van der Waals surface area contributed by atoms with Crippen molar-refractivity contribution < 1.29 is 19.1 Å². The Balaban J connectivity index is 1.84. The molecule has 9 nitrogen and oxygen atoms in total. The van der Waals surface area contributed by atoms with Gasteiger partial charge in [-0.15, -0.1) is 0 Å². The number of hydrogen-bond acceptors (Lipinski definition) is 5. The molecule has 2 rings (SSSR count). The van der Waals surface area contributed by atoms with E-state index in [4.69, 9.17) is 15.2 Å². The third-order valence-corrected chi connectivity index (χ3v) is 3.98. The lowest BCUT2D eigenvalue weighted by molar-refractivity contribution is -0.132. The van der Waals surface area contributed by atoms with Crippen LogP contribution in [0, 0.1) is 5.41 Å². The molecule has 0 radical (unpaired) electrons. The fourth-order valence-electron chi connectivity index (χ4n) is 2.43. The predicted molar refractivity (Wildman–Crippen MR) is 82.8 cm³/mol. The van der Waals surface area contributed by atoms with Crippen LogP contribution in [-0.2, 0) is 20.8 Å². The summed E-state index contributed by atoms with van der Waals surface area (Å²) >= 11 is 0. The highest BCUT2D eigenvalue weighted by atomic mass is 16.5. The van der Waals surface area contributed by atoms with Crippen LogP contribution >= 0.6 is 0 Å². The number of nitrogens with one attached hydrogen (secondary N) is 2. The number of urea groups is 1. The number of ether oxygens (including phenoxy) is 2. The SMILES string of the molecule is COCCn1cc(NC(=O)NCC2(C(N)=O)CCOCC2)cn1. The zero-order valence-electron chi connectivity index (χ0n) is 13.2. The van der Waals surface area contributed by atoms with Crippen LogP contribution < -0.4 is 16.4 Å². The van der Waals surface area contributed by atoms with Crippen molar-refractivity contribution in [1.29, 1.82) is 0 Å². The molecule has 0 atom stereocenters. The van der Waals surface area contributed by atoms with E-state index in [1.165, 1.54) is 0 Å². The van der Waals surface area contributed by atoms with Crippen LogP contribution in [-0.4, -0.2) is 55.2 Å². The molecule has 128 valence electrons. The molecule has 0 unspecified atom stereocenters. The quantitative estimate of drug-likeness (QED) is 0.648. The summed E-state index contributed by atoms with van der Waals surface area (Å²) in [5.74, 6) is -0.409. The second-order valence-corrected chi connectivity index (χ2v) is 5.55. The first kappa shape index (κ1) is 17.2. The van der Waals surface area contributed by atoms with E-state index < -0.39 is 17.4 Å². The Morgan fingerprint density at radius 3 is 2.87 bits per heavy atom. The van der Waals surface area contributed by atoms with E-state index in [0.717, 1.165) is 0 Å². The maximum Gasteiger partial charge on any atom is 0.319 e. The van der Waals surface area contributed by atoms with E-state index in [9.17, 15) is 9.59 Å². The highest BCUT2D eigenvalue weighted by Crippen LogP contribution is 2.29. The van der Waals surface area contributed by atoms with Crippen molar-refractivity contribution in [2.75, 3.05) is 38.8 Å². The van der Waals surface area contributed by atoms with Gasteiger partial charge in [-0.1, -0.05) is 0 Å². The Hall–Kier alpha value is -2.13. The van der Waals surface area contributed by atoms with Crippen LogP contribution in [0.3, 0.4) is 0 Å². The third kappa shape index (κ3) is 4.67. The Morgan fingerprint density at radius 1 is 1.48 bits per heavy atom. The summed E-state index contributed by atoms with van der Waals surface area (Å²) in [5.41, 5.74) is 5.33. The van der Waals surface area contributed by atoms with Crippen molar-refractivity contribution in [2.24, 2.45) is 11.1 Å². The Labute approximate surface area is 134 Å². The summed E-state index contributed by atoms with van der Waals surface area (Å²) in [6.07, 6.45) is 4.28. The highest BCUT2D eigenvalue weighted by Gasteiger charge is 2.38. The lowest BCUT2D eigenvalue weighted by Gasteiger charge is -2.34. The van der Waals surface area contributed by atoms with Crippen molar-refractivity contribution in [3.63, 3.8) is 0 Å². The fourth-order valence-corrected chi connectivity index (χ4v) is 2.43. The van der Waals surface area contributed by atoms with Gasteiger partial charge in [0.1, 0.15) is 0 Å². The Morgan fingerprint density at radius 2 is 2.22 bits per heavy atom. The third-order valence-electron chi connectivity index (χ3n) is 3.98. The molecule has 3 amide bonds. The molecule has 23 heavy (non-hydrogen) atoms. The molecular weight excluding hydrogens is 302 g/mol. The summed E-state index contributed by atoms with van der Waals surface area (Å²) in [5, 5.41) is 9.49. The van der Waals surface area contributed by atoms with Crippen LogP contribution in [0.25, 0.3) is 0 Å². The first-order valence-electron chi connectivity index (χ1n) is 7.50. The summed E-state index contributed by atoms with van der Waals surface area (Å²) in [4.78, 5) is 23.7. The lowest BCUT2D eigenvalue weighted by atomic mass is 9.79. The number of carbonyl (C=O) groups excluding carboxylic acids is 2. The number of methoxy groups -OCH3 is 1. The van der Waals surface area contributed by atoms with Gasteiger partial charge in [0.05, 0.1) is 30.5 Å². The van der Waals surface area contributed by atoms with E-state index in [-0.39, 0.29) is 6.54 Å². The zero-order chi connectivity index (χ0) is 16.7. The standard InChI is InChI=1S/C14H23N5O4/c1-22-7-4-19-9-11(8-17-19)18-13(21)16-10-14(12(15)20)2-5-23-6-3-14/h8-9H,2-7,10H2,1H3,(H2,15,20)(H2,16,18,21). The topological polar surface area (TPSA) is 120 Å². The van der Waals surface area contributed by atoms with Crippen molar-refractivity contribution in [3.05, 3.63) is 12.4 Å². The van der Waals surface area contributed by atoms with Gasteiger partial charge in [0, 0.05) is 33.1 Å². The molecule has 1 aromatic rings. The molecule has 0 saturated carbocycles. The van der Waals surface area contributed by atoms with Gasteiger partial charge in [-0.2, -0.15) is 5.10 Å². The van der Waals surface area contributed by atoms with Crippen molar-refractivity contribution in [1.82, 2.24) is 15.1 Å². The molecule has 0 bridgehead atoms. The molecule has 1 aliphatic rings. The second-order valence-electron chi connectivity index (χ2n) is 5.55. The summed E-state index contributed by atoms with van der Waals surface area (Å²) in [7, 11) is 1.61. The van der Waals surface area contributed by atoms with Crippen molar-refractivity contribution in [3.8, 4) is 0 Å². The minimum absolute atomic E-state index is 0.190. The van der Waals surface area contributed by atoms with Crippen molar-refractivity contribution >= 4 is 17.6 Å². The van der Waals surface area contributed by atoms with Gasteiger partial charge in [0.25, 0.3) is 0 Å². The van der Waals surface area contributed by atoms with E-state index >= 15 is 0 Å². The molecule has 4 N–H and O–H groups in total. The van der Waals surface area contributed by atoms with Crippen LogP contribution in [0.4, 0.5) is 10.5 Å². The minimum atomic E-state index is -0.738. The number of nitrogens with two attached hydrogens (primary N) is 1. The van der Waals surface area contributed by atoms with Crippen LogP contribution in [0.5, 0.6) is 0 Å². The smallest absolute Gasteiger partial charge is 0.319 e. The molecule has 2 heterocycles. The van der Waals surface area contributed by atoms with Crippen molar-refractivity contribution in [2.45, 2.75) is 19.4 Å². The van der Waals surface area contributed by atoms with Gasteiger partial charge < -0.3 is 25.8 Å². The maximum absolute atomic E-state index is 12.0. The Kier molecular flexibility index (Phi) is 5.94. The summed E-state index contributed by atoms with van der Waals surface area (Å²) in [6, 6.07) is -0.400. The molecule has 1 fully saturated rings. The molecule has 1 saturated heterocycles. The molecule has 0 aliphatic carbocycles. The van der Waals surface area contributed by atoms with Gasteiger partial charge >= 0.3 is 6.03 Å². The molecule has 1 aromatic heterocycles. The Bertz CT molecular complexity index is 539. The van der Waals surface area contributed by atoms with Gasteiger partial charge in [-0.05, 0) is 12.8 Å². The second kappa shape index (κ2) is 7.93. The number of aromatic nitrogens is 2. The summed E-state index contributed by atoms with van der Waals surface area (Å²) in [6.45, 7) is 2.27. The number of hydrogen-bond donors (Lipinski definition) is 3. The number of primary amides is 1. The molecular formula is C14H23N5O4. The minimum Gasteiger partial charge on any atom is -0.383 e. The monoisotopic (exact) mass is 325 g/mol. The van der Waals surface area contributed by atoms with E-state index in [2.05, 4.69) is 15.7 Å². The van der Waals surface area contributed by atoms with E-state index in [0.29, 0.717) is 44.9 Å². The fraction of sp³-hybridized carbons (Fsp3) is 0.643. The average molecular weight is 325 g/mol. The number of anilines is 1. The van der Waals surface area contributed by atoms with Crippen LogP contribution in [0.15, 0.2) is 12.4 Å². The molecule has 1 aliphatic heterocycles. The lowest BCUT2D eigenvalue weighted by Crippen LogP contribution is -2.50. The van der Waals surface area contributed by atoms with Crippen LogP contribution in [0.2, 0.25) is 0 Å². The van der Waals surface area contributed by atoms with Gasteiger partial charge in [0.15, 0.2) is 0 Å². The molecule has 9 heteroatoms. The first-order valence-corrected chi connectivity index (χ1v) is 7.50. The van der Waals surface area contributed by atoms with Crippen LogP contribution in [0.1, 0.15) is 12.8 Å². The molecule has 0 aromatic carbocycles. The largest absolute Gasteiger partial charge is 0.383 e. The van der Waals surface area contributed by atoms with E-state index in [1.54, 1.807) is 24.2 Å². The van der Waals surface area contributed by atoms with E-state index in [1.807, 2.05) is 0 Å². The number of carbonyl (C=O) groups is 2. The van der Waals surface area contributed by atoms with Gasteiger partial charge in [-0.25, -0.2) is 4.79 Å². The summed E-state index contributed by atoms with van der Waals surface area (Å²) < 4.78 is 11.9. The maximum atomic E-state index is 12.0. The predicted octanol–water partition coefficient (Wildman–Crippen LogP) is -0.0669. The zero-order valence-corrected chi connectivity index (χ0v) is 13.2. The van der Waals surface area contributed by atoms with Gasteiger partial charge in [0.2, 0.25) is 5.91 Å². The average Bonchev–Trinajstić information content (AvgIpc) is 2.99.